The molecule has 0 spiro atoms. The lowest BCUT2D eigenvalue weighted by Crippen LogP contribution is -2.17. The summed E-state index contributed by atoms with van der Waals surface area (Å²) in [6, 6.07) is 9.85. The first-order valence-corrected chi connectivity index (χ1v) is 10.7. The molecule has 0 aliphatic rings. The van der Waals surface area contributed by atoms with Gasteiger partial charge in [-0.05, 0) is 72.2 Å². The highest BCUT2D eigenvalue weighted by molar-refractivity contribution is 9.10. The van der Waals surface area contributed by atoms with Crippen LogP contribution >= 0.6 is 39.1 Å². The molecule has 5 heteroatoms. The summed E-state index contributed by atoms with van der Waals surface area (Å²) >= 11 is 16.5. The van der Waals surface area contributed by atoms with Gasteiger partial charge in [-0.15, -0.1) is 0 Å². The van der Waals surface area contributed by atoms with Crippen LogP contribution in [-0.4, -0.2) is 11.1 Å². The fourth-order valence-corrected chi connectivity index (χ4v) is 4.46. The maximum Gasteiger partial charge on any atom is 0.306 e. The lowest BCUT2D eigenvalue weighted by molar-refractivity contribution is -0.141. The number of hydrogen-bond donors (Lipinski definition) is 1. The zero-order chi connectivity index (χ0) is 20.3. The van der Waals surface area contributed by atoms with Crippen LogP contribution in [0.15, 0.2) is 34.8 Å². The molecule has 2 unspecified atom stereocenters. The van der Waals surface area contributed by atoms with E-state index < -0.39 is 11.9 Å². The van der Waals surface area contributed by atoms with Crippen LogP contribution in [0.2, 0.25) is 10.0 Å². The molecule has 0 aliphatic carbocycles. The van der Waals surface area contributed by atoms with Crippen molar-refractivity contribution in [3.8, 4) is 0 Å². The van der Waals surface area contributed by atoms with Gasteiger partial charge in [-0.25, -0.2) is 0 Å². The number of rotatable bonds is 7. The third kappa shape index (κ3) is 5.28. The van der Waals surface area contributed by atoms with Gasteiger partial charge in [0.2, 0.25) is 0 Å². The number of halogens is 3. The first kappa shape index (κ1) is 22.3. The Kier molecular flexibility index (Phi) is 7.79. The van der Waals surface area contributed by atoms with E-state index in [0.717, 1.165) is 33.1 Å². The predicted molar refractivity (Wildman–Crippen MR) is 117 cm³/mol. The molecule has 0 radical (unpaired) electrons. The van der Waals surface area contributed by atoms with Gasteiger partial charge < -0.3 is 5.11 Å². The van der Waals surface area contributed by atoms with Crippen molar-refractivity contribution in [2.24, 2.45) is 5.92 Å². The Morgan fingerprint density at radius 1 is 1.15 bits per heavy atom. The minimum Gasteiger partial charge on any atom is -0.481 e. The van der Waals surface area contributed by atoms with Crippen molar-refractivity contribution in [3.05, 3.63) is 67.1 Å². The highest BCUT2D eigenvalue weighted by atomic mass is 79.9. The van der Waals surface area contributed by atoms with Crippen LogP contribution < -0.4 is 0 Å². The van der Waals surface area contributed by atoms with Gasteiger partial charge in [-0.1, -0.05) is 66.0 Å². The van der Waals surface area contributed by atoms with Crippen molar-refractivity contribution in [2.75, 3.05) is 0 Å². The smallest absolute Gasteiger partial charge is 0.306 e. The second kappa shape index (κ2) is 9.45. The maximum atomic E-state index is 11.6. The average Bonchev–Trinajstić information content (AvgIpc) is 2.60. The van der Waals surface area contributed by atoms with E-state index >= 15 is 0 Å². The summed E-state index contributed by atoms with van der Waals surface area (Å²) in [5, 5.41) is 10.7. The first-order chi connectivity index (χ1) is 12.6. The van der Waals surface area contributed by atoms with Crippen LogP contribution in [0.5, 0.6) is 0 Å². The minimum absolute atomic E-state index is 0.123. The van der Waals surface area contributed by atoms with Gasteiger partial charge in [-0.2, -0.15) is 0 Å². The average molecular weight is 472 g/mol. The molecule has 2 nitrogen and oxygen atoms in total. The molecular weight excluding hydrogens is 447 g/mol. The first-order valence-electron chi connectivity index (χ1n) is 9.13. The summed E-state index contributed by atoms with van der Waals surface area (Å²) in [6.07, 6.45) is 1.42. The molecule has 0 heterocycles. The molecule has 27 heavy (non-hydrogen) atoms. The lowest BCUT2D eigenvalue weighted by Gasteiger charge is -2.28. The zero-order valence-electron chi connectivity index (χ0n) is 16.0. The maximum absolute atomic E-state index is 11.6. The van der Waals surface area contributed by atoms with E-state index in [9.17, 15) is 9.90 Å². The van der Waals surface area contributed by atoms with Gasteiger partial charge in [0.1, 0.15) is 0 Å². The van der Waals surface area contributed by atoms with Crippen LogP contribution in [0.3, 0.4) is 0 Å². The van der Waals surface area contributed by atoms with Crippen LogP contribution in [0, 0.1) is 12.8 Å². The lowest BCUT2D eigenvalue weighted by atomic mass is 9.78. The van der Waals surface area contributed by atoms with Crippen molar-refractivity contribution in [2.45, 2.75) is 52.4 Å². The Morgan fingerprint density at radius 3 is 2.41 bits per heavy atom. The molecule has 0 aromatic heterocycles. The summed E-state index contributed by atoms with van der Waals surface area (Å²) in [5.41, 5.74) is 4.29. The molecule has 0 aliphatic heterocycles. The Labute approximate surface area is 180 Å². The van der Waals surface area contributed by atoms with Crippen molar-refractivity contribution in [1.29, 1.82) is 0 Å². The van der Waals surface area contributed by atoms with Gasteiger partial charge in [0.25, 0.3) is 0 Å². The highest BCUT2D eigenvalue weighted by Crippen LogP contribution is 2.43. The van der Waals surface area contributed by atoms with Gasteiger partial charge in [-0.3, -0.25) is 4.79 Å². The molecule has 0 saturated heterocycles. The Balaban J connectivity index is 2.74. The largest absolute Gasteiger partial charge is 0.481 e. The van der Waals surface area contributed by atoms with Crippen molar-refractivity contribution in [3.63, 3.8) is 0 Å². The van der Waals surface area contributed by atoms with E-state index in [1.165, 1.54) is 0 Å². The molecule has 3 atom stereocenters. The highest BCUT2D eigenvalue weighted by Gasteiger charge is 2.28. The Bertz CT molecular complexity index is 835. The van der Waals surface area contributed by atoms with Crippen LogP contribution in [0.25, 0.3) is 0 Å². The topological polar surface area (TPSA) is 37.3 Å². The van der Waals surface area contributed by atoms with Crippen LogP contribution in [0.4, 0.5) is 0 Å². The Morgan fingerprint density at radius 2 is 1.81 bits per heavy atom. The second-order valence-corrected chi connectivity index (χ2v) is 8.99. The molecule has 2 aromatic rings. The number of aliphatic carboxylic acids is 1. The summed E-state index contributed by atoms with van der Waals surface area (Å²) in [7, 11) is 0. The number of carboxylic acid groups (broad SMARTS) is 1. The normalized spacial score (nSPS) is 14.6. The summed E-state index contributed by atoms with van der Waals surface area (Å²) in [4.78, 5) is 11.6. The molecule has 2 rings (SSSR count). The van der Waals surface area contributed by atoms with E-state index in [4.69, 9.17) is 23.2 Å². The van der Waals surface area contributed by atoms with E-state index in [-0.39, 0.29) is 11.8 Å². The molecule has 0 bridgehead atoms. The quantitative estimate of drug-likeness (QED) is 0.446. The third-order valence-corrected chi connectivity index (χ3v) is 6.27. The number of carbonyl (C=O) groups is 1. The minimum atomic E-state index is -0.803. The van der Waals surface area contributed by atoms with E-state index in [1.54, 1.807) is 13.0 Å². The monoisotopic (exact) mass is 470 g/mol. The molecule has 0 fully saturated rings. The van der Waals surface area contributed by atoms with Gasteiger partial charge in [0.15, 0.2) is 0 Å². The fraction of sp³-hybridized carbons (Fsp3) is 0.409. The molecular formula is C22H25BrCl2O2. The van der Waals surface area contributed by atoms with Crippen molar-refractivity contribution < 1.29 is 9.90 Å². The third-order valence-electron chi connectivity index (χ3n) is 5.25. The van der Waals surface area contributed by atoms with E-state index in [1.807, 2.05) is 25.1 Å². The van der Waals surface area contributed by atoms with E-state index in [2.05, 4.69) is 35.8 Å². The zero-order valence-corrected chi connectivity index (χ0v) is 19.1. The fourth-order valence-electron chi connectivity index (χ4n) is 3.44. The number of benzene rings is 2. The number of hydrogen-bond acceptors (Lipinski definition) is 1. The summed E-state index contributed by atoms with van der Waals surface area (Å²) < 4.78 is 0.964. The SMILES string of the molecule is CC[C@@H](C)c1cc(Cl)cc(Cl)c1C(CC(C)C(=O)O)c1cc(Br)ccc1C. The Hall–Kier alpha value is -1.03. The number of aryl methyl sites for hydroxylation is 1. The predicted octanol–water partition coefficient (Wildman–Crippen LogP) is 7.82. The van der Waals surface area contributed by atoms with Crippen LogP contribution in [-0.2, 0) is 4.79 Å². The molecule has 2 aromatic carbocycles. The molecule has 146 valence electrons. The van der Waals surface area contributed by atoms with Crippen molar-refractivity contribution in [1.82, 2.24) is 0 Å². The number of carboxylic acids is 1. The van der Waals surface area contributed by atoms with Gasteiger partial charge in [0, 0.05) is 20.4 Å². The molecule has 0 amide bonds. The standard InChI is InChI=1S/C22H25BrCl2O2/c1-5-12(2)18-10-16(24)11-20(25)21(18)19(8-14(4)22(26)27)17-9-15(23)7-6-13(17)3/h6-7,9-12,14,19H,5,8H2,1-4H3,(H,26,27)/t12-,14?,19?/m1/s1. The van der Waals surface area contributed by atoms with Gasteiger partial charge >= 0.3 is 5.97 Å². The molecule has 0 saturated carbocycles. The van der Waals surface area contributed by atoms with E-state index in [0.29, 0.717) is 16.5 Å². The summed E-state index contributed by atoms with van der Waals surface area (Å²) in [6.45, 7) is 8.07. The van der Waals surface area contributed by atoms with Crippen LogP contribution in [0.1, 0.15) is 67.7 Å². The van der Waals surface area contributed by atoms with Crippen molar-refractivity contribution >= 4 is 45.1 Å². The summed E-state index contributed by atoms with van der Waals surface area (Å²) in [5.74, 6) is -1.15. The second-order valence-electron chi connectivity index (χ2n) is 7.23. The molecule has 1 N–H and O–H groups in total. The van der Waals surface area contributed by atoms with Gasteiger partial charge in [0.05, 0.1) is 5.92 Å².